The van der Waals surface area contributed by atoms with E-state index in [1.165, 1.54) is 16.4 Å². The van der Waals surface area contributed by atoms with E-state index in [2.05, 4.69) is 0 Å². The number of hydrogen-bond donors (Lipinski definition) is 1. The quantitative estimate of drug-likeness (QED) is 0.863. The Hall–Kier alpha value is -0.820. The molecule has 1 heterocycles. The number of halogens is 1. The maximum absolute atomic E-state index is 12.6. The highest BCUT2D eigenvalue weighted by molar-refractivity contribution is 7.89. The molecule has 0 bridgehead atoms. The standard InChI is InChI=1S/C12H17ClN2O3S/c1-18-10-3-2-6-15(8-10)19(16,17)12-7-9(14)4-5-11(12)13/h4-5,7,10H,2-3,6,8,14H2,1H3. The molecule has 1 unspecified atom stereocenters. The van der Waals surface area contributed by atoms with Crippen molar-refractivity contribution in [1.82, 2.24) is 4.31 Å². The molecule has 0 amide bonds. The summed E-state index contributed by atoms with van der Waals surface area (Å²) < 4.78 is 31.8. The van der Waals surface area contributed by atoms with Gasteiger partial charge in [-0.05, 0) is 31.0 Å². The molecular weight excluding hydrogens is 288 g/mol. The Morgan fingerprint density at radius 1 is 1.47 bits per heavy atom. The number of ether oxygens (including phenoxy) is 1. The minimum absolute atomic E-state index is 0.0610. The fraction of sp³-hybridized carbons (Fsp3) is 0.500. The Kier molecular flexibility index (Phi) is 4.35. The van der Waals surface area contributed by atoms with Crippen LogP contribution in [0.3, 0.4) is 0 Å². The van der Waals surface area contributed by atoms with Crippen LogP contribution in [0, 0.1) is 0 Å². The zero-order valence-electron chi connectivity index (χ0n) is 10.7. The zero-order valence-corrected chi connectivity index (χ0v) is 12.2. The molecule has 19 heavy (non-hydrogen) atoms. The Bertz CT molecular complexity index is 562. The van der Waals surface area contributed by atoms with E-state index >= 15 is 0 Å². The number of benzene rings is 1. The molecule has 1 aromatic carbocycles. The minimum Gasteiger partial charge on any atom is -0.399 e. The summed E-state index contributed by atoms with van der Waals surface area (Å²) in [5.41, 5.74) is 6.02. The van der Waals surface area contributed by atoms with Gasteiger partial charge < -0.3 is 10.5 Å². The molecule has 0 aromatic heterocycles. The molecule has 2 N–H and O–H groups in total. The van der Waals surface area contributed by atoms with E-state index in [0.29, 0.717) is 18.8 Å². The van der Waals surface area contributed by atoms with Gasteiger partial charge in [0.2, 0.25) is 10.0 Å². The Morgan fingerprint density at radius 3 is 2.89 bits per heavy atom. The number of anilines is 1. The predicted octanol–water partition coefficient (Wildman–Crippen LogP) is 1.72. The first-order valence-corrected chi connectivity index (χ1v) is 7.85. The molecule has 1 aliphatic rings. The lowest BCUT2D eigenvalue weighted by atomic mass is 10.1. The van der Waals surface area contributed by atoms with Crippen molar-refractivity contribution < 1.29 is 13.2 Å². The van der Waals surface area contributed by atoms with Crippen LogP contribution in [0.4, 0.5) is 5.69 Å². The molecule has 1 fully saturated rings. The molecule has 1 aromatic rings. The first kappa shape index (κ1) is 14.6. The maximum atomic E-state index is 12.6. The van der Waals surface area contributed by atoms with Gasteiger partial charge in [0.05, 0.1) is 11.1 Å². The summed E-state index contributed by atoms with van der Waals surface area (Å²) in [6, 6.07) is 4.48. The van der Waals surface area contributed by atoms with E-state index in [9.17, 15) is 8.42 Å². The van der Waals surface area contributed by atoms with Crippen LogP contribution in [0.15, 0.2) is 23.1 Å². The fourth-order valence-corrected chi connectivity index (χ4v) is 4.19. The van der Waals surface area contributed by atoms with E-state index < -0.39 is 10.0 Å². The molecule has 7 heteroatoms. The van der Waals surface area contributed by atoms with Crippen molar-refractivity contribution in [3.05, 3.63) is 23.2 Å². The van der Waals surface area contributed by atoms with Crippen molar-refractivity contribution in [1.29, 1.82) is 0 Å². The molecule has 1 atom stereocenters. The Morgan fingerprint density at radius 2 is 2.21 bits per heavy atom. The van der Waals surface area contributed by atoms with Gasteiger partial charge in [0.15, 0.2) is 0 Å². The summed E-state index contributed by atoms with van der Waals surface area (Å²) in [4.78, 5) is 0.0610. The van der Waals surface area contributed by atoms with E-state index in [4.69, 9.17) is 22.1 Å². The SMILES string of the molecule is COC1CCCN(S(=O)(=O)c2cc(N)ccc2Cl)C1. The second kappa shape index (κ2) is 5.66. The van der Waals surface area contributed by atoms with Crippen molar-refractivity contribution in [3.8, 4) is 0 Å². The summed E-state index contributed by atoms with van der Waals surface area (Å²) >= 11 is 5.98. The third kappa shape index (κ3) is 3.02. The summed E-state index contributed by atoms with van der Waals surface area (Å²) in [6.45, 7) is 0.831. The first-order chi connectivity index (χ1) is 8.95. The minimum atomic E-state index is -3.62. The smallest absolute Gasteiger partial charge is 0.244 e. The lowest BCUT2D eigenvalue weighted by Gasteiger charge is -2.31. The zero-order chi connectivity index (χ0) is 14.0. The average molecular weight is 305 g/mol. The largest absolute Gasteiger partial charge is 0.399 e. The molecule has 2 rings (SSSR count). The second-order valence-electron chi connectivity index (χ2n) is 4.55. The predicted molar refractivity (Wildman–Crippen MR) is 74.7 cm³/mol. The number of rotatable bonds is 3. The summed E-state index contributed by atoms with van der Waals surface area (Å²) in [7, 11) is -2.03. The number of nitrogen functional groups attached to an aromatic ring is 1. The first-order valence-electron chi connectivity index (χ1n) is 6.03. The van der Waals surface area contributed by atoms with Crippen LogP contribution < -0.4 is 5.73 Å². The summed E-state index contributed by atoms with van der Waals surface area (Å²) in [5, 5.41) is 0.189. The molecule has 1 aliphatic heterocycles. The highest BCUT2D eigenvalue weighted by Gasteiger charge is 2.31. The lowest BCUT2D eigenvalue weighted by molar-refractivity contribution is 0.0572. The van der Waals surface area contributed by atoms with Crippen LogP contribution in [0.25, 0.3) is 0 Å². The van der Waals surface area contributed by atoms with Gasteiger partial charge in [-0.1, -0.05) is 11.6 Å². The van der Waals surface area contributed by atoms with Gasteiger partial charge in [-0.2, -0.15) is 4.31 Å². The van der Waals surface area contributed by atoms with Crippen molar-refractivity contribution >= 4 is 27.3 Å². The maximum Gasteiger partial charge on any atom is 0.244 e. The number of hydrogen-bond acceptors (Lipinski definition) is 4. The molecular formula is C12H17ClN2O3S. The Balaban J connectivity index is 2.34. The van der Waals surface area contributed by atoms with Crippen molar-refractivity contribution in [2.45, 2.75) is 23.8 Å². The third-order valence-corrected chi connectivity index (χ3v) is 5.59. The summed E-state index contributed by atoms with van der Waals surface area (Å²) in [5.74, 6) is 0. The van der Waals surface area contributed by atoms with Crippen molar-refractivity contribution in [3.63, 3.8) is 0 Å². The molecule has 0 spiro atoms. The normalized spacial score (nSPS) is 21.5. The van der Waals surface area contributed by atoms with E-state index in [0.717, 1.165) is 12.8 Å². The van der Waals surface area contributed by atoms with Gasteiger partial charge in [-0.3, -0.25) is 0 Å². The number of nitrogens with zero attached hydrogens (tertiary/aromatic N) is 1. The molecule has 0 saturated carbocycles. The van der Waals surface area contributed by atoms with Crippen LogP contribution in [0.1, 0.15) is 12.8 Å². The van der Waals surface area contributed by atoms with Gasteiger partial charge >= 0.3 is 0 Å². The van der Waals surface area contributed by atoms with E-state index in [-0.39, 0.29) is 16.0 Å². The monoisotopic (exact) mass is 304 g/mol. The number of piperidine rings is 1. The highest BCUT2D eigenvalue weighted by atomic mass is 35.5. The number of nitrogens with two attached hydrogens (primary N) is 1. The van der Waals surface area contributed by atoms with Gasteiger partial charge in [0, 0.05) is 25.9 Å². The molecule has 0 radical (unpaired) electrons. The van der Waals surface area contributed by atoms with E-state index in [1.54, 1.807) is 13.2 Å². The van der Waals surface area contributed by atoms with Gasteiger partial charge in [0.25, 0.3) is 0 Å². The van der Waals surface area contributed by atoms with Crippen molar-refractivity contribution in [2.24, 2.45) is 0 Å². The van der Waals surface area contributed by atoms with Crippen LogP contribution >= 0.6 is 11.6 Å². The van der Waals surface area contributed by atoms with Gasteiger partial charge in [0.1, 0.15) is 4.90 Å². The lowest BCUT2D eigenvalue weighted by Crippen LogP contribution is -2.42. The van der Waals surface area contributed by atoms with Gasteiger partial charge in [-0.25, -0.2) is 8.42 Å². The highest BCUT2D eigenvalue weighted by Crippen LogP contribution is 2.28. The third-order valence-electron chi connectivity index (χ3n) is 3.25. The van der Waals surface area contributed by atoms with E-state index in [1.807, 2.05) is 0 Å². The number of methoxy groups -OCH3 is 1. The summed E-state index contributed by atoms with van der Waals surface area (Å²) in [6.07, 6.45) is 1.58. The average Bonchev–Trinajstić information content (AvgIpc) is 2.41. The van der Waals surface area contributed by atoms with Crippen LogP contribution in [-0.2, 0) is 14.8 Å². The van der Waals surface area contributed by atoms with Crippen LogP contribution in [-0.4, -0.2) is 39.0 Å². The molecule has 5 nitrogen and oxygen atoms in total. The molecule has 106 valence electrons. The fourth-order valence-electron chi connectivity index (χ4n) is 2.17. The molecule has 1 saturated heterocycles. The van der Waals surface area contributed by atoms with Crippen molar-refractivity contribution in [2.75, 3.05) is 25.9 Å². The van der Waals surface area contributed by atoms with Crippen LogP contribution in [0.2, 0.25) is 5.02 Å². The second-order valence-corrected chi connectivity index (χ2v) is 6.87. The number of sulfonamides is 1. The Labute approximate surface area is 118 Å². The van der Waals surface area contributed by atoms with Gasteiger partial charge in [-0.15, -0.1) is 0 Å². The van der Waals surface area contributed by atoms with Crippen LogP contribution in [0.5, 0.6) is 0 Å². The topological polar surface area (TPSA) is 72.6 Å². The molecule has 0 aliphatic carbocycles.